The first-order valence-corrected chi connectivity index (χ1v) is 27.4. The van der Waals surface area contributed by atoms with Crippen LogP contribution in [0.15, 0.2) is 29.3 Å². The number of hydrogen-bond acceptors (Lipinski definition) is 24. The smallest absolute Gasteiger partial charge is 0.280 e. The Kier molecular flexibility index (Phi) is 36.0. The summed E-state index contributed by atoms with van der Waals surface area (Å²) in [6.45, 7) is 1.46. The summed E-state index contributed by atoms with van der Waals surface area (Å²) in [5.41, 5.74) is 29.3. The zero-order valence-electron chi connectivity index (χ0n) is 45.1. The molecule has 0 bridgehead atoms. The quantitative estimate of drug-likeness (QED) is 0.0168. The minimum Gasteiger partial charge on any atom is -0.492 e. The second-order valence-electron chi connectivity index (χ2n) is 19.2. The predicted molar refractivity (Wildman–Crippen MR) is 297 cm³/mol. The first-order valence-electron chi connectivity index (χ1n) is 27.0. The maximum Gasteiger partial charge on any atom is 0.280 e. The molecule has 0 spiro atoms. The molecule has 0 aliphatic rings. The molecule has 79 heavy (non-hydrogen) atoms. The van der Waals surface area contributed by atoms with Gasteiger partial charge in [-0.05, 0) is 102 Å². The van der Waals surface area contributed by atoms with E-state index in [1.807, 2.05) is 24.3 Å². The number of aliphatic imine (C=N–C) groups is 1. The van der Waals surface area contributed by atoms with E-state index in [1.54, 1.807) is 0 Å². The van der Waals surface area contributed by atoms with E-state index in [2.05, 4.69) is 46.4 Å². The number of halogens is 1. The van der Waals surface area contributed by atoms with Gasteiger partial charge >= 0.3 is 0 Å². The van der Waals surface area contributed by atoms with Crippen molar-refractivity contribution in [1.82, 2.24) is 41.5 Å². The van der Waals surface area contributed by atoms with E-state index in [4.69, 9.17) is 55.2 Å². The maximum atomic E-state index is 13.5. The van der Waals surface area contributed by atoms with E-state index < -0.39 is 80.0 Å². The number of guanidine groups is 1. The van der Waals surface area contributed by atoms with Crippen molar-refractivity contribution in [3.63, 3.8) is 0 Å². The standard InChI is InChI=1S/C50H91ClN14O14/c51-44-46(55)63-45(54)39(62-44)49(78)64-50(56)59-20-8-5-11-31-14-16-32(17-15-31)79-26-25-65(23-9-21-57-47(76)33(12-3-1-6-18-52)60-27-35(68)40(72)42(74)37(70)29-66)24-10-22-58-48(77)34(13-4-2-7-19-53)61-28-36(69)41(73)43(75)38(71)30-67/h14-17,33-38,40-43,60-61,66-75H,1-13,18-30,52-53H2,(H,57,76)(H,58,77)(H4,54,55,63)(H3,56,59,64,78)/t33-,34-,35-,36-,37+,38+,40+,41+,42+,43+/m1/s1. The molecule has 0 unspecified atom stereocenters. The van der Waals surface area contributed by atoms with Crippen LogP contribution in [0, 0.1) is 0 Å². The molecule has 0 aliphatic heterocycles. The van der Waals surface area contributed by atoms with Gasteiger partial charge in [0.15, 0.2) is 28.4 Å². The number of benzene rings is 1. The highest BCUT2D eigenvalue weighted by atomic mass is 35.5. The van der Waals surface area contributed by atoms with Crippen molar-refractivity contribution in [3.8, 4) is 5.75 Å². The highest BCUT2D eigenvalue weighted by molar-refractivity contribution is 6.31. The first kappa shape index (κ1) is 70.4. The Morgan fingerprint density at radius 2 is 1.13 bits per heavy atom. The highest BCUT2D eigenvalue weighted by Crippen LogP contribution is 2.18. The number of hydrogen-bond donors (Lipinski definition) is 20. The second kappa shape index (κ2) is 40.4. The van der Waals surface area contributed by atoms with Crippen molar-refractivity contribution in [3.05, 3.63) is 40.7 Å². The molecule has 452 valence electrons. The average molecular weight is 1150 g/mol. The molecular formula is C50H91ClN14O14. The zero-order chi connectivity index (χ0) is 58.7. The summed E-state index contributed by atoms with van der Waals surface area (Å²) < 4.78 is 6.13. The molecule has 0 saturated carbocycles. The molecule has 0 saturated heterocycles. The Hall–Kier alpha value is -4.73. The van der Waals surface area contributed by atoms with Gasteiger partial charge in [0, 0.05) is 39.3 Å². The van der Waals surface area contributed by atoms with E-state index in [0.29, 0.717) is 96.6 Å². The van der Waals surface area contributed by atoms with Gasteiger partial charge in [-0.2, -0.15) is 0 Å². The minimum absolute atomic E-state index is 0.110. The molecule has 10 atom stereocenters. The van der Waals surface area contributed by atoms with E-state index in [-0.39, 0.29) is 66.4 Å². The van der Waals surface area contributed by atoms with Gasteiger partial charge in [0.2, 0.25) is 11.8 Å². The Labute approximate surface area is 466 Å². The lowest BCUT2D eigenvalue weighted by atomic mass is 10.0. The normalized spacial score (nSPS) is 15.8. The summed E-state index contributed by atoms with van der Waals surface area (Å²) in [7, 11) is 0. The molecule has 1 aromatic heterocycles. The molecule has 1 heterocycles. The highest BCUT2D eigenvalue weighted by Gasteiger charge is 2.32. The van der Waals surface area contributed by atoms with E-state index in [9.17, 15) is 55.2 Å². The summed E-state index contributed by atoms with van der Waals surface area (Å²) >= 11 is 5.86. The van der Waals surface area contributed by atoms with Crippen molar-refractivity contribution in [2.75, 3.05) is 96.7 Å². The Morgan fingerprint density at radius 3 is 1.61 bits per heavy atom. The number of carbonyl (C=O) groups is 3. The fourth-order valence-corrected chi connectivity index (χ4v) is 8.13. The summed E-state index contributed by atoms with van der Waals surface area (Å²) in [5, 5.41) is 113. The second-order valence-corrected chi connectivity index (χ2v) is 19.6. The number of amides is 3. The van der Waals surface area contributed by atoms with Crippen molar-refractivity contribution >= 4 is 46.9 Å². The molecule has 25 N–H and O–H groups in total. The SMILES string of the molecule is NCCCCC[C@@H](NC[C@@H](O)[C@H](O)[C@@H](O)[C@@H](O)CO)C(=O)NCCCN(CCCNC(=O)[C@@H](CCCCCN)NC[C@@H](O)[C@H](O)[C@@H](O)[C@@H](O)CO)CCOc1ccc(CCCCN=C(N)NC(=O)c2nc(Cl)c(N)nc2N)cc1. The van der Waals surface area contributed by atoms with Crippen LogP contribution in [-0.4, -0.2) is 236 Å². The number of aliphatic hydroxyl groups excluding tert-OH is 10. The fourth-order valence-electron chi connectivity index (χ4n) is 8.00. The number of nitrogens with two attached hydrogens (primary N) is 5. The lowest BCUT2D eigenvalue weighted by molar-refractivity contribution is -0.125. The molecule has 2 rings (SSSR count). The van der Waals surface area contributed by atoms with Gasteiger partial charge in [0.1, 0.15) is 49.0 Å². The molecule has 0 radical (unpaired) electrons. The lowest BCUT2D eigenvalue weighted by Crippen LogP contribution is -2.52. The number of anilines is 2. The van der Waals surface area contributed by atoms with Gasteiger partial charge in [0.05, 0.1) is 37.5 Å². The molecule has 3 amide bonds. The number of rotatable bonds is 44. The number of aryl methyl sites for hydroxylation is 1. The van der Waals surface area contributed by atoms with Gasteiger partial charge in [-0.25, -0.2) is 9.97 Å². The molecule has 0 aliphatic carbocycles. The van der Waals surface area contributed by atoms with Crippen LogP contribution in [0.1, 0.15) is 93.1 Å². The monoisotopic (exact) mass is 1150 g/mol. The number of ether oxygens (including phenoxy) is 1. The number of unbranched alkanes of at least 4 members (excludes halogenated alkanes) is 5. The number of carbonyl (C=O) groups excluding carboxylic acids is 3. The Bertz CT molecular complexity index is 1970. The molecule has 0 fully saturated rings. The summed E-state index contributed by atoms with van der Waals surface area (Å²) in [6.07, 6.45) is -5.38. The van der Waals surface area contributed by atoms with Gasteiger partial charge in [0.25, 0.3) is 5.91 Å². The Balaban J connectivity index is 2.05. The number of nitrogen functional groups attached to an aromatic ring is 2. The molecule has 28 nitrogen and oxygen atoms in total. The van der Waals surface area contributed by atoms with Crippen LogP contribution < -0.4 is 60.0 Å². The summed E-state index contributed by atoms with van der Waals surface area (Å²) in [5.74, 6) is -1.21. The molecular weight excluding hydrogens is 1060 g/mol. The number of aliphatic hydroxyl groups is 10. The number of aromatic nitrogens is 2. The summed E-state index contributed by atoms with van der Waals surface area (Å²) in [4.78, 5) is 53.4. The lowest BCUT2D eigenvalue weighted by Gasteiger charge is -2.27. The average Bonchev–Trinajstić information content (AvgIpc) is 3.44. The molecule has 1 aromatic carbocycles. The maximum absolute atomic E-state index is 13.5. The van der Waals surface area contributed by atoms with Crippen molar-refractivity contribution in [2.24, 2.45) is 22.2 Å². The van der Waals surface area contributed by atoms with Crippen LogP contribution in [0.25, 0.3) is 0 Å². The fraction of sp³-hybridized carbons (Fsp3) is 0.720. The van der Waals surface area contributed by atoms with Gasteiger partial charge in [-0.3, -0.25) is 29.6 Å². The van der Waals surface area contributed by atoms with Crippen molar-refractivity contribution in [2.45, 2.75) is 144 Å². The van der Waals surface area contributed by atoms with Crippen LogP contribution in [0.5, 0.6) is 5.75 Å². The van der Waals surface area contributed by atoms with E-state index >= 15 is 0 Å². The third-order valence-corrected chi connectivity index (χ3v) is 13.1. The first-order chi connectivity index (χ1) is 37.8. The Morgan fingerprint density at radius 1 is 0.633 bits per heavy atom. The molecule has 2 aromatic rings. The molecule has 29 heteroatoms. The predicted octanol–water partition coefficient (Wildman–Crippen LogP) is -5.12. The van der Waals surface area contributed by atoms with Gasteiger partial charge in [-0.1, -0.05) is 49.4 Å². The van der Waals surface area contributed by atoms with E-state index in [0.717, 1.165) is 44.1 Å². The zero-order valence-corrected chi connectivity index (χ0v) is 45.9. The largest absolute Gasteiger partial charge is 0.492 e. The third-order valence-electron chi connectivity index (χ3n) is 12.8. The van der Waals surface area contributed by atoms with Crippen LogP contribution in [0.2, 0.25) is 5.15 Å². The summed E-state index contributed by atoms with van der Waals surface area (Å²) in [6, 6.07) is 6.13. The van der Waals surface area contributed by atoms with Crippen LogP contribution >= 0.6 is 11.6 Å². The topological polar surface area (TPSA) is 494 Å². The number of nitrogens with zero attached hydrogens (tertiary/aromatic N) is 4. The van der Waals surface area contributed by atoms with Crippen molar-refractivity contribution < 1.29 is 70.2 Å². The van der Waals surface area contributed by atoms with Crippen LogP contribution in [-0.2, 0) is 16.0 Å². The minimum atomic E-state index is -1.81. The van der Waals surface area contributed by atoms with E-state index in [1.165, 1.54) is 0 Å². The van der Waals surface area contributed by atoms with Crippen LogP contribution in [0.3, 0.4) is 0 Å². The van der Waals surface area contributed by atoms with Gasteiger partial charge in [-0.15, -0.1) is 0 Å². The third kappa shape index (κ3) is 28.0. The number of nitrogens with one attached hydrogen (secondary N) is 5. The van der Waals surface area contributed by atoms with Crippen molar-refractivity contribution in [1.29, 1.82) is 0 Å². The van der Waals surface area contributed by atoms with Crippen LogP contribution in [0.4, 0.5) is 11.6 Å². The van der Waals surface area contributed by atoms with Gasteiger partial charge < -0.3 is 106 Å².